The third-order valence-electron chi connectivity index (χ3n) is 2.49. The van der Waals surface area contributed by atoms with Gasteiger partial charge in [-0.3, -0.25) is 14.9 Å². The Bertz CT molecular complexity index is 472. The smallest absolute Gasteiger partial charge is 0.312 e. The Morgan fingerprint density at radius 3 is 2.75 bits per heavy atom. The quantitative estimate of drug-likeness (QED) is 0.302. The van der Waals surface area contributed by atoms with Crippen molar-refractivity contribution < 1.29 is 14.5 Å². The van der Waals surface area contributed by atoms with Crippen molar-refractivity contribution >= 4 is 39.2 Å². The zero-order chi connectivity index (χ0) is 15.1. The van der Waals surface area contributed by atoms with Gasteiger partial charge in [0.25, 0.3) is 0 Å². The van der Waals surface area contributed by atoms with E-state index in [0.29, 0.717) is 11.1 Å². The molecule has 1 aromatic carbocycles. The molecule has 0 aliphatic rings. The number of thioether (sulfide) groups is 1. The van der Waals surface area contributed by atoms with Gasteiger partial charge in [-0.25, -0.2) is 0 Å². The fourth-order valence-electron chi connectivity index (χ4n) is 1.61. The molecular weight excluding hydrogens is 346 g/mol. The minimum atomic E-state index is -0.534. The van der Waals surface area contributed by atoms with Gasteiger partial charge in [0.05, 0.1) is 17.1 Å². The number of hydrogen-bond donors (Lipinski definition) is 0. The van der Waals surface area contributed by atoms with Crippen LogP contribution in [0.2, 0.25) is 0 Å². The number of ether oxygens (including phenoxy) is 1. The van der Waals surface area contributed by atoms with Gasteiger partial charge in [0.1, 0.15) is 0 Å². The lowest BCUT2D eigenvalue weighted by Crippen LogP contribution is -2.07. The molecule has 7 heteroatoms. The lowest BCUT2D eigenvalue weighted by atomic mass is 10.1. The molecule has 110 valence electrons. The Balaban J connectivity index is 2.95. The van der Waals surface area contributed by atoms with Crippen LogP contribution in [0.4, 0.5) is 5.69 Å². The minimum Gasteiger partial charge on any atom is -0.486 e. The fourth-order valence-corrected chi connectivity index (χ4v) is 2.66. The molecule has 0 unspecified atom stereocenters. The second-order valence-electron chi connectivity index (χ2n) is 4.01. The summed E-state index contributed by atoms with van der Waals surface area (Å²) in [6.07, 6.45) is 0.781. The molecule has 0 spiro atoms. The van der Waals surface area contributed by atoms with Crippen molar-refractivity contribution in [2.45, 2.75) is 20.3 Å². The number of nitrogens with zero attached hydrogens (tertiary/aromatic N) is 1. The first-order valence-corrected chi connectivity index (χ1v) is 8.11. The van der Waals surface area contributed by atoms with Crippen LogP contribution in [0.15, 0.2) is 16.6 Å². The second-order valence-corrected chi connectivity index (χ2v) is 6.32. The molecule has 20 heavy (non-hydrogen) atoms. The molecule has 0 saturated heterocycles. The van der Waals surface area contributed by atoms with Crippen LogP contribution in [0.3, 0.4) is 0 Å². The summed E-state index contributed by atoms with van der Waals surface area (Å²) in [6, 6.07) is 2.90. The van der Waals surface area contributed by atoms with E-state index < -0.39 is 4.92 Å². The number of nitro benzene ring substituents is 1. The van der Waals surface area contributed by atoms with Gasteiger partial charge >= 0.3 is 5.69 Å². The van der Waals surface area contributed by atoms with Crippen LogP contribution >= 0.6 is 27.7 Å². The van der Waals surface area contributed by atoms with Gasteiger partial charge in [-0.1, -0.05) is 22.9 Å². The first kappa shape index (κ1) is 17.0. The molecule has 0 saturated carbocycles. The first-order chi connectivity index (χ1) is 9.47. The van der Waals surface area contributed by atoms with Gasteiger partial charge in [-0.15, -0.1) is 0 Å². The lowest BCUT2D eigenvalue weighted by Gasteiger charge is -2.10. The Labute approximate surface area is 130 Å². The fraction of sp³-hybridized carbons (Fsp3) is 0.462. The van der Waals surface area contributed by atoms with Crippen LogP contribution in [-0.4, -0.2) is 28.8 Å². The number of nitro groups is 1. The molecule has 0 aliphatic carbocycles. The van der Waals surface area contributed by atoms with Crippen molar-refractivity contribution in [1.29, 1.82) is 0 Å². The first-order valence-electron chi connectivity index (χ1n) is 6.16. The SMILES string of the molecule is CCSCCCOc1c(C(C)=O)cc(Br)cc1[N+](=O)[O-]. The summed E-state index contributed by atoms with van der Waals surface area (Å²) in [5.74, 6) is 1.76. The van der Waals surface area contributed by atoms with Crippen molar-refractivity contribution in [2.75, 3.05) is 18.1 Å². The summed E-state index contributed by atoms with van der Waals surface area (Å²) in [4.78, 5) is 22.1. The topological polar surface area (TPSA) is 69.4 Å². The molecule has 1 aromatic rings. The highest BCUT2D eigenvalue weighted by atomic mass is 79.9. The molecule has 0 radical (unpaired) electrons. The van der Waals surface area contributed by atoms with Gasteiger partial charge in [0.2, 0.25) is 5.75 Å². The van der Waals surface area contributed by atoms with Gasteiger partial charge < -0.3 is 4.74 Å². The third kappa shape index (κ3) is 4.79. The molecule has 1 rings (SSSR count). The largest absolute Gasteiger partial charge is 0.486 e. The van der Waals surface area contributed by atoms with Crippen LogP contribution in [-0.2, 0) is 0 Å². The highest BCUT2D eigenvalue weighted by Gasteiger charge is 2.23. The summed E-state index contributed by atoms with van der Waals surface area (Å²) >= 11 is 4.95. The molecule has 0 amide bonds. The van der Waals surface area contributed by atoms with E-state index >= 15 is 0 Å². The lowest BCUT2D eigenvalue weighted by molar-refractivity contribution is -0.386. The van der Waals surface area contributed by atoms with E-state index in [2.05, 4.69) is 22.9 Å². The predicted octanol–water partition coefficient (Wildman–Crippen LogP) is 4.08. The second kappa shape index (κ2) is 8.26. The van der Waals surface area contributed by atoms with Crippen LogP contribution < -0.4 is 4.74 Å². The monoisotopic (exact) mass is 361 g/mol. The van der Waals surface area contributed by atoms with Gasteiger partial charge in [-0.2, -0.15) is 11.8 Å². The number of ketones is 1. The molecule has 0 fully saturated rings. The molecule has 0 bridgehead atoms. The maximum atomic E-state index is 11.6. The van der Waals surface area contributed by atoms with Crippen LogP contribution in [0.5, 0.6) is 5.75 Å². The van der Waals surface area contributed by atoms with Crippen LogP contribution in [0, 0.1) is 10.1 Å². The Morgan fingerprint density at radius 1 is 1.50 bits per heavy atom. The predicted molar refractivity (Wildman–Crippen MR) is 83.9 cm³/mol. The normalized spacial score (nSPS) is 10.3. The maximum absolute atomic E-state index is 11.6. The molecular formula is C13H16BrNO4S. The Morgan fingerprint density at radius 2 is 2.20 bits per heavy atom. The Kier molecular flexibility index (Phi) is 7.01. The number of Topliss-reactive ketones (excluding diaryl/α,β-unsaturated/α-hetero) is 1. The van der Waals surface area contributed by atoms with E-state index in [1.165, 1.54) is 13.0 Å². The molecule has 0 atom stereocenters. The maximum Gasteiger partial charge on any atom is 0.312 e. The zero-order valence-electron chi connectivity index (χ0n) is 11.3. The zero-order valence-corrected chi connectivity index (χ0v) is 13.8. The van der Waals surface area contributed by atoms with Gasteiger partial charge in [0, 0.05) is 10.5 Å². The van der Waals surface area contributed by atoms with Crippen LogP contribution in [0.25, 0.3) is 0 Å². The van der Waals surface area contributed by atoms with Crippen molar-refractivity contribution in [3.63, 3.8) is 0 Å². The van der Waals surface area contributed by atoms with Crippen molar-refractivity contribution in [3.8, 4) is 5.75 Å². The van der Waals surface area contributed by atoms with Crippen molar-refractivity contribution in [3.05, 3.63) is 32.3 Å². The summed E-state index contributed by atoms with van der Waals surface area (Å²) in [7, 11) is 0. The molecule has 0 N–H and O–H groups in total. The number of hydrogen-bond acceptors (Lipinski definition) is 5. The summed E-state index contributed by atoms with van der Waals surface area (Å²) in [5, 5.41) is 11.1. The van der Waals surface area contributed by atoms with E-state index in [9.17, 15) is 14.9 Å². The average Bonchev–Trinajstić information content (AvgIpc) is 2.38. The Hall–Kier alpha value is -1.08. The van der Waals surface area contributed by atoms with E-state index in [4.69, 9.17) is 4.74 Å². The van der Waals surface area contributed by atoms with Crippen molar-refractivity contribution in [2.24, 2.45) is 0 Å². The third-order valence-corrected chi connectivity index (χ3v) is 3.94. The number of benzene rings is 1. The standard InChI is InChI=1S/C13H16BrNO4S/c1-3-20-6-4-5-19-13-11(9(2)16)7-10(14)8-12(13)15(17)18/h7-8H,3-6H2,1-2H3. The highest BCUT2D eigenvalue weighted by molar-refractivity contribution is 9.10. The van der Waals surface area contributed by atoms with Crippen molar-refractivity contribution in [1.82, 2.24) is 0 Å². The summed E-state index contributed by atoms with van der Waals surface area (Å²) in [5.41, 5.74) is 0.0435. The average molecular weight is 362 g/mol. The van der Waals surface area contributed by atoms with E-state index in [-0.39, 0.29) is 22.8 Å². The van der Waals surface area contributed by atoms with E-state index in [1.54, 1.807) is 17.8 Å². The van der Waals surface area contributed by atoms with Gasteiger partial charge in [-0.05, 0) is 30.9 Å². The van der Waals surface area contributed by atoms with Crippen LogP contribution in [0.1, 0.15) is 30.6 Å². The van der Waals surface area contributed by atoms with E-state index in [1.807, 2.05) is 0 Å². The number of halogens is 1. The summed E-state index contributed by atoms with van der Waals surface area (Å²) in [6.45, 7) is 3.79. The molecule has 0 aromatic heterocycles. The van der Waals surface area contributed by atoms with Gasteiger partial charge in [0.15, 0.2) is 5.78 Å². The number of rotatable bonds is 8. The molecule has 0 aliphatic heterocycles. The number of carbonyl (C=O) groups is 1. The molecule has 5 nitrogen and oxygen atoms in total. The summed E-state index contributed by atoms with van der Waals surface area (Å²) < 4.78 is 5.98. The minimum absolute atomic E-state index is 0.0622. The number of carbonyl (C=O) groups excluding carboxylic acids is 1. The van der Waals surface area contributed by atoms with E-state index in [0.717, 1.165) is 17.9 Å². The molecule has 0 heterocycles. The highest BCUT2D eigenvalue weighted by Crippen LogP contribution is 2.35.